The first-order valence-corrected chi connectivity index (χ1v) is 8.04. The molecule has 0 bridgehead atoms. The Morgan fingerprint density at radius 3 is 2.54 bits per heavy atom. The van der Waals surface area contributed by atoms with Crippen LogP contribution < -0.4 is 14.8 Å². The third-order valence-electron chi connectivity index (χ3n) is 3.03. The average Bonchev–Trinajstić information content (AvgIpc) is 2.59. The summed E-state index contributed by atoms with van der Waals surface area (Å²) in [7, 11) is 0. The highest BCUT2D eigenvalue weighted by Crippen LogP contribution is 2.23. The molecular formula is C18H20ClNO4. The van der Waals surface area contributed by atoms with E-state index in [0.29, 0.717) is 42.0 Å². The maximum absolute atomic E-state index is 12.0. The van der Waals surface area contributed by atoms with Crippen molar-refractivity contribution in [2.45, 2.75) is 6.92 Å². The zero-order valence-electron chi connectivity index (χ0n) is 13.5. The van der Waals surface area contributed by atoms with Crippen LogP contribution in [0.5, 0.6) is 11.5 Å². The van der Waals surface area contributed by atoms with Crippen molar-refractivity contribution in [3.05, 3.63) is 53.6 Å². The van der Waals surface area contributed by atoms with Crippen LogP contribution in [-0.2, 0) is 9.53 Å². The van der Waals surface area contributed by atoms with E-state index in [1.807, 2.05) is 19.1 Å². The first-order valence-electron chi connectivity index (χ1n) is 7.67. The second kappa shape index (κ2) is 9.80. The van der Waals surface area contributed by atoms with Crippen LogP contribution in [0.2, 0.25) is 5.02 Å². The molecule has 0 aromatic heterocycles. The second-order valence-electron chi connectivity index (χ2n) is 4.83. The number of hydrogen-bond donors (Lipinski definition) is 1. The van der Waals surface area contributed by atoms with Crippen molar-refractivity contribution in [3.8, 4) is 11.5 Å². The van der Waals surface area contributed by atoms with Crippen molar-refractivity contribution in [1.82, 2.24) is 0 Å². The molecule has 2 aromatic rings. The maximum atomic E-state index is 12.0. The lowest BCUT2D eigenvalue weighted by atomic mass is 10.3. The molecule has 0 spiro atoms. The number of amides is 1. The average molecular weight is 350 g/mol. The lowest BCUT2D eigenvalue weighted by Gasteiger charge is -2.13. The third-order valence-corrected chi connectivity index (χ3v) is 3.29. The van der Waals surface area contributed by atoms with Gasteiger partial charge >= 0.3 is 0 Å². The van der Waals surface area contributed by atoms with Crippen molar-refractivity contribution >= 4 is 23.2 Å². The lowest BCUT2D eigenvalue weighted by Crippen LogP contribution is -2.20. The summed E-state index contributed by atoms with van der Waals surface area (Å²) in [6, 6.07) is 14.1. The summed E-state index contributed by atoms with van der Waals surface area (Å²) in [5.41, 5.74) is 0.596. The Hall–Kier alpha value is -2.24. The Kier molecular flexibility index (Phi) is 7.39. The summed E-state index contributed by atoms with van der Waals surface area (Å²) in [4.78, 5) is 12.0. The van der Waals surface area contributed by atoms with Crippen molar-refractivity contribution in [3.63, 3.8) is 0 Å². The van der Waals surface area contributed by atoms with Gasteiger partial charge < -0.3 is 19.5 Å². The monoisotopic (exact) mass is 349 g/mol. The first-order chi connectivity index (χ1) is 11.7. The Morgan fingerprint density at radius 1 is 1.04 bits per heavy atom. The zero-order valence-corrected chi connectivity index (χ0v) is 14.2. The molecule has 128 valence electrons. The van der Waals surface area contributed by atoms with Gasteiger partial charge in [0.25, 0.3) is 5.91 Å². The molecule has 0 saturated carbocycles. The quantitative estimate of drug-likeness (QED) is 0.700. The van der Waals surface area contributed by atoms with Crippen LogP contribution in [0, 0.1) is 0 Å². The minimum atomic E-state index is -0.272. The minimum Gasteiger partial charge on any atom is -0.489 e. The van der Waals surface area contributed by atoms with Gasteiger partial charge in [0.05, 0.1) is 12.3 Å². The van der Waals surface area contributed by atoms with Gasteiger partial charge in [0.2, 0.25) is 0 Å². The number of carbonyl (C=O) groups is 1. The Bertz CT molecular complexity index is 646. The van der Waals surface area contributed by atoms with E-state index < -0.39 is 0 Å². The van der Waals surface area contributed by atoms with Crippen LogP contribution >= 0.6 is 11.6 Å². The number of anilines is 1. The predicted octanol–water partition coefficient (Wildman–Crippen LogP) is 3.77. The molecule has 0 fully saturated rings. The largest absolute Gasteiger partial charge is 0.489 e. The molecule has 6 heteroatoms. The van der Waals surface area contributed by atoms with Crippen molar-refractivity contribution in [1.29, 1.82) is 0 Å². The van der Waals surface area contributed by atoms with Crippen molar-refractivity contribution in [2.75, 3.05) is 31.7 Å². The van der Waals surface area contributed by atoms with E-state index in [-0.39, 0.29) is 12.5 Å². The van der Waals surface area contributed by atoms with E-state index in [1.165, 1.54) is 0 Å². The summed E-state index contributed by atoms with van der Waals surface area (Å²) in [5, 5.41) is 3.39. The highest BCUT2D eigenvalue weighted by molar-refractivity contribution is 6.30. The fourth-order valence-corrected chi connectivity index (χ4v) is 2.04. The summed E-state index contributed by atoms with van der Waals surface area (Å²) < 4.78 is 16.3. The van der Waals surface area contributed by atoms with E-state index in [0.717, 1.165) is 0 Å². The molecule has 1 amide bonds. The Balaban J connectivity index is 1.85. The number of benzene rings is 2. The van der Waals surface area contributed by atoms with E-state index in [2.05, 4.69) is 5.32 Å². The molecule has 0 aliphatic rings. The van der Waals surface area contributed by atoms with Crippen molar-refractivity contribution < 1.29 is 19.0 Å². The van der Waals surface area contributed by atoms with Gasteiger partial charge in [0.15, 0.2) is 6.61 Å². The Labute approximate surface area is 146 Å². The van der Waals surface area contributed by atoms with Crippen LogP contribution in [0.25, 0.3) is 0 Å². The SMILES string of the molecule is CCOCCOc1ccccc1NC(=O)COc1ccc(Cl)cc1. The van der Waals surface area contributed by atoms with Crippen LogP contribution in [0.4, 0.5) is 5.69 Å². The third kappa shape index (κ3) is 6.10. The normalized spacial score (nSPS) is 10.2. The van der Waals surface area contributed by atoms with E-state index >= 15 is 0 Å². The number of ether oxygens (including phenoxy) is 3. The van der Waals surface area contributed by atoms with Crippen LogP contribution in [0.3, 0.4) is 0 Å². The molecule has 2 rings (SSSR count). The lowest BCUT2D eigenvalue weighted by molar-refractivity contribution is -0.118. The summed E-state index contributed by atoms with van der Waals surface area (Å²) in [5.74, 6) is 0.902. The Morgan fingerprint density at radius 2 is 1.79 bits per heavy atom. The van der Waals surface area contributed by atoms with E-state index in [9.17, 15) is 4.79 Å². The zero-order chi connectivity index (χ0) is 17.2. The van der Waals surface area contributed by atoms with Crippen LogP contribution in [0.1, 0.15) is 6.92 Å². The highest BCUT2D eigenvalue weighted by atomic mass is 35.5. The van der Waals surface area contributed by atoms with Crippen LogP contribution in [0.15, 0.2) is 48.5 Å². The van der Waals surface area contributed by atoms with E-state index in [1.54, 1.807) is 36.4 Å². The molecule has 0 aliphatic heterocycles. The molecule has 0 aliphatic carbocycles. The number of halogens is 1. The molecule has 24 heavy (non-hydrogen) atoms. The highest BCUT2D eigenvalue weighted by Gasteiger charge is 2.08. The molecule has 0 unspecified atom stereocenters. The van der Waals surface area contributed by atoms with Crippen molar-refractivity contribution in [2.24, 2.45) is 0 Å². The summed E-state index contributed by atoms with van der Waals surface area (Å²) >= 11 is 5.80. The van der Waals surface area contributed by atoms with Crippen LogP contribution in [-0.4, -0.2) is 32.3 Å². The van der Waals surface area contributed by atoms with Gasteiger partial charge in [-0.2, -0.15) is 0 Å². The number of rotatable bonds is 9. The molecule has 5 nitrogen and oxygen atoms in total. The molecule has 0 radical (unpaired) electrons. The standard InChI is InChI=1S/C18H20ClNO4/c1-2-22-11-12-23-17-6-4-3-5-16(17)20-18(21)13-24-15-9-7-14(19)8-10-15/h3-10H,2,11-13H2,1H3,(H,20,21). The first kappa shape index (κ1) is 18.1. The summed E-state index contributed by atoms with van der Waals surface area (Å²) in [6.07, 6.45) is 0. The molecule has 0 heterocycles. The molecule has 0 saturated heterocycles. The van der Waals surface area contributed by atoms with Gasteiger partial charge in [-0.1, -0.05) is 23.7 Å². The maximum Gasteiger partial charge on any atom is 0.262 e. The van der Waals surface area contributed by atoms with Gasteiger partial charge in [0.1, 0.15) is 18.1 Å². The minimum absolute atomic E-state index is 0.102. The molecule has 0 atom stereocenters. The van der Waals surface area contributed by atoms with Gasteiger partial charge in [-0.05, 0) is 43.3 Å². The van der Waals surface area contributed by atoms with Gasteiger partial charge in [-0.25, -0.2) is 0 Å². The molecule has 1 N–H and O–H groups in total. The topological polar surface area (TPSA) is 56.8 Å². The van der Waals surface area contributed by atoms with Gasteiger partial charge in [-0.15, -0.1) is 0 Å². The summed E-state index contributed by atoms with van der Waals surface area (Å²) in [6.45, 7) is 3.38. The fourth-order valence-electron chi connectivity index (χ4n) is 1.92. The number of carbonyl (C=O) groups excluding carboxylic acids is 1. The predicted molar refractivity (Wildman–Crippen MR) is 94.0 cm³/mol. The number of nitrogens with one attached hydrogen (secondary N) is 1. The second-order valence-corrected chi connectivity index (χ2v) is 5.27. The number of hydrogen-bond acceptors (Lipinski definition) is 4. The molecular weight excluding hydrogens is 330 g/mol. The van der Waals surface area contributed by atoms with Gasteiger partial charge in [-0.3, -0.25) is 4.79 Å². The fraction of sp³-hybridized carbons (Fsp3) is 0.278. The molecule has 2 aromatic carbocycles. The van der Waals surface area contributed by atoms with Gasteiger partial charge in [0, 0.05) is 11.6 Å². The smallest absolute Gasteiger partial charge is 0.262 e. The van der Waals surface area contributed by atoms with E-state index in [4.69, 9.17) is 25.8 Å². The number of para-hydroxylation sites is 2.